The van der Waals surface area contributed by atoms with Crippen LogP contribution in [0.5, 0.6) is 0 Å². The van der Waals surface area contributed by atoms with Gasteiger partial charge in [-0.25, -0.2) is 0 Å². The van der Waals surface area contributed by atoms with Crippen LogP contribution in [-0.4, -0.2) is 19.1 Å². The number of hydrogen-bond donors (Lipinski definition) is 1. The molecule has 1 N–H and O–H groups in total. The number of esters is 1. The van der Waals surface area contributed by atoms with E-state index in [4.69, 9.17) is 4.74 Å². The number of nitrogens with one attached hydrogen (secondary N) is 1. The summed E-state index contributed by atoms with van der Waals surface area (Å²) in [6, 6.07) is 8.26. The fraction of sp³-hybridized carbons (Fsp3) is 0.533. The zero-order chi connectivity index (χ0) is 13.3. The van der Waals surface area contributed by atoms with Gasteiger partial charge in [0.2, 0.25) is 0 Å². The van der Waals surface area contributed by atoms with Crippen molar-refractivity contribution in [2.45, 2.75) is 33.2 Å². The van der Waals surface area contributed by atoms with Gasteiger partial charge in [0.25, 0.3) is 0 Å². The molecule has 18 heavy (non-hydrogen) atoms. The van der Waals surface area contributed by atoms with Gasteiger partial charge in [-0.15, -0.1) is 0 Å². The molecule has 0 spiro atoms. The second kappa shape index (κ2) is 4.63. The van der Waals surface area contributed by atoms with Crippen LogP contribution in [0.1, 0.15) is 26.3 Å². The summed E-state index contributed by atoms with van der Waals surface area (Å²) in [6.07, 6.45) is 0.748. The van der Waals surface area contributed by atoms with E-state index in [0.717, 1.165) is 12.1 Å². The maximum Gasteiger partial charge on any atom is 0.311 e. The van der Waals surface area contributed by atoms with Gasteiger partial charge in [0.1, 0.15) is 0 Å². The molecule has 0 bridgehead atoms. The van der Waals surface area contributed by atoms with Gasteiger partial charge in [0.05, 0.1) is 13.0 Å². The molecule has 2 atom stereocenters. The second-order valence-corrected chi connectivity index (χ2v) is 5.98. The Morgan fingerprint density at radius 2 is 2.00 bits per heavy atom. The fourth-order valence-electron chi connectivity index (χ4n) is 2.65. The molecule has 1 aliphatic heterocycles. The van der Waals surface area contributed by atoms with Gasteiger partial charge >= 0.3 is 5.97 Å². The lowest BCUT2D eigenvalue weighted by molar-refractivity contribution is -0.147. The monoisotopic (exact) mass is 247 g/mol. The van der Waals surface area contributed by atoms with Gasteiger partial charge in [-0.1, -0.05) is 39.0 Å². The van der Waals surface area contributed by atoms with Crippen molar-refractivity contribution >= 4 is 11.7 Å². The fourth-order valence-corrected chi connectivity index (χ4v) is 2.65. The lowest BCUT2D eigenvalue weighted by Gasteiger charge is -2.41. The summed E-state index contributed by atoms with van der Waals surface area (Å²) in [5, 5.41) is 3.50. The van der Waals surface area contributed by atoms with Crippen molar-refractivity contribution in [3.05, 3.63) is 29.8 Å². The molecule has 1 aliphatic rings. The Morgan fingerprint density at radius 1 is 1.33 bits per heavy atom. The van der Waals surface area contributed by atoms with Crippen molar-refractivity contribution in [2.75, 3.05) is 12.4 Å². The first-order valence-electron chi connectivity index (χ1n) is 6.36. The molecule has 0 aromatic heterocycles. The van der Waals surface area contributed by atoms with E-state index in [1.807, 2.05) is 12.1 Å². The molecular weight excluding hydrogens is 226 g/mol. The highest BCUT2D eigenvalue weighted by molar-refractivity contribution is 5.76. The Morgan fingerprint density at radius 3 is 2.61 bits per heavy atom. The van der Waals surface area contributed by atoms with E-state index in [2.05, 4.69) is 38.2 Å². The number of carbonyl (C=O) groups excluding carboxylic acids is 1. The molecule has 0 unspecified atom stereocenters. The van der Waals surface area contributed by atoms with Crippen LogP contribution < -0.4 is 5.32 Å². The van der Waals surface area contributed by atoms with Crippen LogP contribution in [-0.2, 0) is 16.0 Å². The van der Waals surface area contributed by atoms with Crippen LogP contribution in [0.15, 0.2) is 24.3 Å². The van der Waals surface area contributed by atoms with Crippen molar-refractivity contribution < 1.29 is 9.53 Å². The van der Waals surface area contributed by atoms with Crippen molar-refractivity contribution in [2.24, 2.45) is 11.3 Å². The molecule has 1 aromatic rings. The Labute approximate surface area is 109 Å². The molecule has 0 amide bonds. The Balaban J connectivity index is 2.36. The van der Waals surface area contributed by atoms with Crippen LogP contribution in [0, 0.1) is 11.3 Å². The van der Waals surface area contributed by atoms with Crippen LogP contribution in [0.4, 0.5) is 5.69 Å². The van der Waals surface area contributed by atoms with E-state index in [9.17, 15) is 4.79 Å². The van der Waals surface area contributed by atoms with Crippen LogP contribution in [0.3, 0.4) is 0 Å². The number of ether oxygens (including phenoxy) is 1. The van der Waals surface area contributed by atoms with Crippen LogP contribution in [0.25, 0.3) is 0 Å². The summed E-state index contributed by atoms with van der Waals surface area (Å²) in [5.41, 5.74) is 2.33. The molecular formula is C15H21NO2. The lowest BCUT2D eigenvalue weighted by atomic mass is 9.74. The smallest absolute Gasteiger partial charge is 0.311 e. The standard InChI is InChI=1S/C15H21NO2/c1-15(2,3)13-11(14(17)18-4)9-10-7-5-6-8-12(10)16-13/h5-8,11,13,16H,9H2,1-4H3/t11-,13+/m1/s1. The first kappa shape index (κ1) is 12.9. The van der Waals surface area contributed by atoms with Crippen molar-refractivity contribution in [1.82, 2.24) is 0 Å². The third-order valence-corrected chi connectivity index (χ3v) is 3.61. The summed E-state index contributed by atoms with van der Waals surface area (Å²) in [7, 11) is 1.46. The van der Waals surface area contributed by atoms with E-state index in [1.165, 1.54) is 12.7 Å². The van der Waals surface area contributed by atoms with Crippen molar-refractivity contribution in [3.63, 3.8) is 0 Å². The van der Waals surface area contributed by atoms with Gasteiger partial charge in [0, 0.05) is 11.7 Å². The second-order valence-electron chi connectivity index (χ2n) is 5.98. The van der Waals surface area contributed by atoms with Gasteiger partial charge < -0.3 is 10.1 Å². The molecule has 0 saturated carbocycles. The maximum atomic E-state index is 12.0. The molecule has 3 nitrogen and oxygen atoms in total. The molecule has 0 radical (unpaired) electrons. The SMILES string of the molecule is COC(=O)[C@@H]1Cc2ccccc2N[C@@H]1C(C)(C)C. The summed E-state index contributed by atoms with van der Waals surface area (Å²) in [4.78, 5) is 12.0. The maximum absolute atomic E-state index is 12.0. The number of rotatable bonds is 1. The summed E-state index contributed by atoms with van der Waals surface area (Å²) in [6.45, 7) is 6.44. The van der Waals surface area contributed by atoms with Gasteiger partial charge in [-0.3, -0.25) is 4.79 Å². The molecule has 1 heterocycles. The van der Waals surface area contributed by atoms with E-state index in [-0.39, 0.29) is 23.3 Å². The average Bonchev–Trinajstić information content (AvgIpc) is 2.35. The molecule has 1 aromatic carbocycles. The predicted octanol–water partition coefficient (Wildman–Crippen LogP) is 2.86. The average molecular weight is 247 g/mol. The largest absolute Gasteiger partial charge is 0.469 e. The summed E-state index contributed by atoms with van der Waals surface area (Å²) >= 11 is 0. The molecule has 0 aliphatic carbocycles. The lowest BCUT2D eigenvalue weighted by Crippen LogP contribution is -2.47. The first-order valence-corrected chi connectivity index (χ1v) is 6.36. The zero-order valence-electron chi connectivity index (χ0n) is 11.5. The Hall–Kier alpha value is -1.51. The number of hydrogen-bond acceptors (Lipinski definition) is 3. The van der Waals surface area contributed by atoms with E-state index in [0.29, 0.717) is 0 Å². The molecule has 98 valence electrons. The third kappa shape index (κ3) is 2.35. The highest BCUT2D eigenvalue weighted by atomic mass is 16.5. The van der Waals surface area contributed by atoms with E-state index < -0.39 is 0 Å². The number of carbonyl (C=O) groups is 1. The predicted molar refractivity (Wildman–Crippen MR) is 72.5 cm³/mol. The minimum Gasteiger partial charge on any atom is -0.469 e. The minimum absolute atomic E-state index is 0.00634. The first-order chi connectivity index (χ1) is 8.43. The highest BCUT2D eigenvalue weighted by Gasteiger charge is 2.40. The molecule has 0 saturated heterocycles. The van der Waals surface area contributed by atoms with Gasteiger partial charge in [-0.2, -0.15) is 0 Å². The van der Waals surface area contributed by atoms with Gasteiger partial charge in [0.15, 0.2) is 0 Å². The number of para-hydroxylation sites is 1. The zero-order valence-corrected chi connectivity index (χ0v) is 11.5. The topological polar surface area (TPSA) is 38.3 Å². The Bertz CT molecular complexity index is 448. The van der Waals surface area contributed by atoms with Crippen LogP contribution >= 0.6 is 0 Å². The van der Waals surface area contributed by atoms with Crippen LogP contribution in [0.2, 0.25) is 0 Å². The summed E-state index contributed by atoms with van der Waals surface area (Å²) in [5.74, 6) is -0.248. The van der Waals surface area contributed by atoms with Gasteiger partial charge in [-0.05, 0) is 23.5 Å². The minimum atomic E-state index is -0.128. The molecule has 2 rings (SSSR count). The number of anilines is 1. The summed E-state index contributed by atoms with van der Waals surface area (Å²) < 4.78 is 4.95. The number of benzene rings is 1. The van der Waals surface area contributed by atoms with Crippen molar-refractivity contribution in [1.29, 1.82) is 0 Å². The molecule has 3 heteroatoms. The molecule has 0 fully saturated rings. The quantitative estimate of drug-likeness (QED) is 0.775. The normalized spacial score (nSPS) is 22.9. The highest BCUT2D eigenvalue weighted by Crippen LogP contribution is 2.37. The van der Waals surface area contributed by atoms with E-state index >= 15 is 0 Å². The Kier molecular flexibility index (Phi) is 3.33. The number of methoxy groups -OCH3 is 1. The van der Waals surface area contributed by atoms with E-state index in [1.54, 1.807) is 0 Å². The number of fused-ring (bicyclic) bond motifs is 1. The third-order valence-electron chi connectivity index (χ3n) is 3.61. The van der Waals surface area contributed by atoms with Crippen molar-refractivity contribution in [3.8, 4) is 0 Å².